The first-order valence-electron chi connectivity index (χ1n) is 33.3. The van der Waals surface area contributed by atoms with Gasteiger partial charge in [-0.25, -0.2) is 39.9 Å². The number of nitrogens with zero attached hydrogens (tertiary/aromatic N) is 18. The van der Waals surface area contributed by atoms with E-state index in [1.807, 2.05) is 274 Å². The molecule has 14 heterocycles. The number of benzene rings is 2. The molecule has 14 aromatic heterocycles. The lowest BCUT2D eigenvalue weighted by molar-refractivity contribution is 1.10. The molecule has 16 aromatic rings. The van der Waals surface area contributed by atoms with Crippen LogP contribution < -0.4 is 0 Å². The average Bonchev–Trinajstić information content (AvgIpc) is 0.872. The highest BCUT2D eigenvalue weighted by molar-refractivity contribution is 5.66. The second-order valence-electron chi connectivity index (χ2n) is 22.9. The van der Waals surface area contributed by atoms with E-state index in [2.05, 4.69) is 114 Å². The summed E-state index contributed by atoms with van der Waals surface area (Å²) in [6, 6.07) is 71.6. The van der Waals surface area contributed by atoms with Crippen molar-refractivity contribution in [3.8, 4) is 89.8 Å². The molecule has 104 heavy (non-hydrogen) atoms. The fourth-order valence-electron chi connectivity index (χ4n) is 9.82. The number of rotatable bonds is 8. The SMILES string of the molecule is Cc1cccc(-c2ccccc2)n1.Cc1cccc(-c2ccccn2)n1.Cc1cccc(-c2cccnc2)n1.Cc1cccc(-c2ccncc2)n1.Cc1ncncc1-c1ccccc1.Cc1ncncc1-c1ccccn1.Cc1ncncc1-c1cccnc1.Cc1ncncc1-c1ccncc1. The van der Waals surface area contributed by atoms with Crippen LogP contribution in [0.5, 0.6) is 0 Å². The van der Waals surface area contributed by atoms with Crippen LogP contribution in [0.15, 0.2) is 330 Å². The third-order valence-electron chi connectivity index (χ3n) is 15.1. The van der Waals surface area contributed by atoms with E-state index in [9.17, 15) is 0 Å². The molecule has 0 unspecified atom stereocenters. The van der Waals surface area contributed by atoms with Crippen LogP contribution in [0.3, 0.4) is 0 Å². The van der Waals surface area contributed by atoms with Crippen molar-refractivity contribution in [2.45, 2.75) is 55.4 Å². The van der Waals surface area contributed by atoms with Crippen molar-refractivity contribution in [3.63, 3.8) is 0 Å². The van der Waals surface area contributed by atoms with E-state index in [1.165, 1.54) is 11.1 Å². The Labute approximate surface area is 607 Å². The van der Waals surface area contributed by atoms with Crippen molar-refractivity contribution < 1.29 is 0 Å². The Morgan fingerprint density at radius 1 is 0.173 bits per heavy atom. The molecule has 0 amide bonds. The third-order valence-corrected chi connectivity index (χ3v) is 15.1. The van der Waals surface area contributed by atoms with E-state index in [-0.39, 0.29) is 0 Å². The lowest BCUT2D eigenvalue weighted by Crippen LogP contribution is -1.90. The van der Waals surface area contributed by atoms with Crippen LogP contribution in [0.25, 0.3) is 89.8 Å². The van der Waals surface area contributed by atoms with Gasteiger partial charge in [-0.1, -0.05) is 103 Å². The second-order valence-corrected chi connectivity index (χ2v) is 22.9. The van der Waals surface area contributed by atoms with Crippen molar-refractivity contribution in [3.05, 3.63) is 376 Å². The van der Waals surface area contributed by atoms with Crippen LogP contribution in [-0.4, -0.2) is 89.7 Å². The molecule has 512 valence electrons. The van der Waals surface area contributed by atoms with Gasteiger partial charge in [-0.3, -0.25) is 49.8 Å². The molecule has 0 radical (unpaired) electrons. The Morgan fingerprint density at radius 3 is 0.885 bits per heavy atom. The fourth-order valence-corrected chi connectivity index (χ4v) is 9.82. The molecule has 16 rings (SSSR count). The van der Waals surface area contributed by atoms with Gasteiger partial charge >= 0.3 is 0 Å². The van der Waals surface area contributed by atoms with Gasteiger partial charge in [0.25, 0.3) is 0 Å². The molecular weight excluding hydrogens is 1290 g/mol. The summed E-state index contributed by atoms with van der Waals surface area (Å²) in [5, 5.41) is 0. The zero-order valence-corrected chi connectivity index (χ0v) is 59.2. The van der Waals surface area contributed by atoms with E-state index >= 15 is 0 Å². The van der Waals surface area contributed by atoms with Gasteiger partial charge in [0, 0.05) is 171 Å². The van der Waals surface area contributed by atoms with Gasteiger partial charge in [-0.05, 0) is 182 Å². The van der Waals surface area contributed by atoms with Gasteiger partial charge < -0.3 is 0 Å². The van der Waals surface area contributed by atoms with Gasteiger partial charge in [0.15, 0.2) is 0 Å². The smallest absolute Gasteiger partial charge is 0.115 e. The van der Waals surface area contributed by atoms with Crippen molar-refractivity contribution in [1.29, 1.82) is 0 Å². The van der Waals surface area contributed by atoms with E-state index in [1.54, 1.807) is 87.3 Å². The van der Waals surface area contributed by atoms with Gasteiger partial charge in [0.05, 0.1) is 39.9 Å². The van der Waals surface area contributed by atoms with Gasteiger partial charge in [-0.15, -0.1) is 0 Å². The molecule has 0 fully saturated rings. The maximum Gasteiger partial charge on any atom is 0.115 e. The third kappa shape index (κ3) is 24.3. The molecular formula is C86H78N18. The monoisotopic (exact) mass is 1360 g/mol. The normalized spacial score (nSPS) is 9.92. The molecule has 0 N–H and O–H groups in total. The highest BCUT2D eigenvalue weighted by atomic mass is 14.8. The maximum absolute atomic E-state index is 4.44. The summed E-state index contributed by atoms with van der Waals surface area (Å²) in [5.41, 5.74) is 24.7. The van der Waals surface area contributed by atoms with Crippen molar-refractivity contribution in [2.24, 2.45) is 0 Å². The first-order chi connectivity index (χ1) is 50.9. The largest absolute Gasteiger partial charge is 0.265 e. The van der Waals surface area contributed by atoms with Gasteiger partial charge in [0.2, 0.25) is 0 Å². The summed E-state index contributed by atoms with van der Waals surface area (Å²) in [5.74, 6) is 0. The number of hydrogen-bond acceptors (Lipinski definition) is 18. The average molecular weight is 1360 g/mol. The summed E-state index contributed by atoms with van der Waals surface area (Å²) < 4.78 is 0. The Hall–Kier alpha value is -13.7. The highest BCUT2D eigenvalue weighted by Gasteiger charge is 2.06. The van der Waals surface area contributed by atoms with E-state index in [0.29, 0.717) is 0 Å². The van der Waals surface area contributed by atoms with E-state index < -0.39 is 0 Å². The Morgan fingerprint density at radius 2 is 0.490 bits per heavy atom. The molecule has 0 saturated heterocycles. The molecule has 18 nitrogen and oxygen atoms in total. The quantitative estimate of drug-likeness (QED) is 0.138. The molecule has 0 atom stereocenters. The van der Waals surface area contributed by atoms with Crippen LogP contribution >= 0.6 is 0 Å². The van der Waals surface area contributed by atoms with Gasteiger partial charge in [-0.2, -0.15) is 0 Å². The van der Waals surface area contributed by atoms with Crippen LogP contribution in [-0.2, 0) is 0 Å². The second kappa shape index (κ2) is 41.0. The minimum absolute atomic E-state index is 0.917. The first kappa shape index (κ1) is 74.5. The predicted octanol–water partition coefficient (Wildman–Crippen LogP) is 18.4. The summed E-state index contributed by atoms with van der Waals surface area (Å²) in [6.45, 7) is 15.8. The summed E-state index contributed by atoms with van der Waals surface area (Å²) in [7, 11) is 0. The number of hydrogen-bond donors (Lipinski definition) is 0. The van der Waals surface area contributed by atoms with Crippen LogP contribution in [0.4, 0.5) is 0 Å². The number of pyridine rings is 10. The van der Waals surface area contributed by atoms with Crippen LogP contribution in [0.2, 0.25) is 0 Å². The van der Waals surface area contributed by atoms with Gasteiger partial charge in [0.1, 0.15) is 25.3 Å². The minimum atomic E-state index is 0.917. The molecule has 2 aromatic carbocycles. The molecule has 0 bridgehead atoms. The molecule has 0 aliphatic rings. The molecule has 0 saturated carbocycles. The summed E-state index contributed by atoms with van der Waals surface area (Å²) >= 11 is 0. The Balaban J connectivity index is 0.000000138. The highest BCUT2D eigenvalue weighted by Crippen LogP contribution is 2.24. The Bertz CT molecular complexity index is 4470. The van der Waals surface area contributed by atoms with E-state index in [4.69, 9.17) is 0 Å². The van der Waals surface area contributed by atoms with Crippen molar-refractivity contribution in [1.82, 2.24) is 89.7 Å². The zero-order chi connectivity index (χ0) is 72.8. The molecule has 0 aliphatic carbocycles. The van der Waals surface area contributed by atoms with Crippen molar-refractivity contribution in [2.75, 3.05) is 0 Å². The van der Waals surface area contributed by atoms with Crippen LogP contribution in [0.1, 0.15) is 45.6 Å². The lowest BCUT2D eigenvalue weighted by Gasteiger charge is -2.02. The maximum atomic E-state index is 4.44. The number of aromatic nitrogens is 18. The Kier molecular flexibility index (Phi) is 29.3. The summed E-state index contributed by atoms with van der Waals surface area (Å²) in [4.78, 5) is 74.6. The molecule has 18 heteroatoms. The van der Waals surface area contributed by atoms with Crippen molar-refractivity contribution >= 4 is 0 Å². The topological polar surface area (TPSA) is 232 Å². The minimum Gasteiger partial charge on any atom is -0.265 e. The lowest BCUT2D eigenvalue weighted by atomic mass is 10.1. The zero-order valence-electron chi connectivity index (χ0n) is 59.2. The number of aryl methyl sites for hydroxylation is 8. The molecule has 0 aliphatic heterocycles. The standard InChI is InChI=1S/C12H11N.4C11H10N2.3C10H9N3/c1-10-6-5-9-12(13-10)11-7-3-2-4-8-11;1-9-4-2-6-11(13-9)10-5-3-7-12-8-10;1-9-5-4-7-11(13-9)10-6-2-3-8-12-10;1-9-3-2-4-11(13-9)10-5-7-12-8-6-10;1-9-11(7-12-8-13-9)10-5-3-2-4-6-10;1-8-10(6-12-7-13-8)9-2-4-11-5-3-9;1-8-10(6-12-7-13-8)9-3-2-4-11-5-9;1-8-9(6-11-7-13-8)10-4-2-3-5-12-10/h2-9H,1H3;4*2-8H,1H3;3*2-7H,1H3. The first-order valence-corrected chi connectivity index (χ1v) is 33.3. The molecule has 0 spiro atoms. The summed E-state index contributed by atoms with van der Waals surface area (Å²) in [6.07, 6.45) is 31.2. The van der Waals surface area contributed by atoms with Crippen LogP contribution in [0, 0.1) is 55.4 Å². The fraction of sp³-hybridized carbons (Fsp3) is 0.0930. The predicted molar refractivity (Wildman–Crippen MR) is 413 cm³/mol. The van der Waals surface area contributed by atoms with E-state index in [0.717, 1.165) is 124 Å².